The number of ether oxygens (including phenoxy) is 2. The highest BCUT2D eigenvalue weighted by atomic mass is 127. The molecule has 1 aromatic carbocycles. The van der Waals surface area contributed by atoms with Gasteiger partial charge in [-0.15, -0.1) is 24.0 Å². The Morgan fingerprint density at radius 3 is 2.45 bits per heavy atom. The normalized spacial score (nSPS) is 14.7. The van der Waals surface area contributed by atoms with Gasteiger partial charge in [-0.3, -0.25) is 9.67 Å². The number of guanidine groups is 1. The molecule has 1 aromatic heterocycles. The van der Waals surface area contributed by atoms with E-state index in [1.165, 1.54) is 16.7 Å². The van der Waals surface area contributed by atoms with Crippen molar-refractivity contribution in [2.45, 2.75) is 25.9 Å². The van der Waals surface area contributed by atoms with Crippen LogP contribution in [0, 0.1) is 0 Å². The number of aryl methyl sites for hydroxylation is 1. The van der Waals surface area contributed by atoms with E-state index in [0.29, 0.717) is 6.54 Å². The molecule has 1 atom stereocenters. The van der Waals surface area contributed by atoms with Crippen molar-refractivity contribution >= 4 is 29.9 Å². The third-order valence-corrected chi connectivity index (χ3v) is 5.50. The van der Waals surface area contributed by atoms with Gasteiger partial charge in [-0.2, -0.15) is 5.10 Å². The van der Waals surface area contributed by atoms with Crippen LogP contribution in [0.5, 0.6) is 11.5 Å². The van der Waals surface area contributed by atoms with Crippen molar-refractivity contribution in [1.82, 2.24) is 24.9 Å². The predicted octanol–water partition coefficient (Wildman–Crippen LogP) is 2.68. The number of nitrogens with zero attached hydrogens (tertiary/aromatic N) is 5. The van der Waals surface area contributed by atoms with Gasteiger partial charge >= 0.3 is 0 Å². The maximum absolute atomic E-state index is 5.50. The van der Waals surface area contributed by atoms with Crippen LogP contribution in [-0.2, 0) is 20.0 Å². The fraction of sp³-hybridized carbons (Fsp3) is 0.545. The Labute approximate surface area is 202 Å². The fourth-order valence-electron chi connectivity index (χ4n) is 3.84. The number of hydrogen-bond donors (Lipinski definition) is 1. The molecular weight excluding hydrogens is 507 g/mol. The number of hydrogen-bond acceptors (Lipinski definition) is 5. The summed E-state index contributed by atoms with van der Waals surface area (Å²) in [7, 11) is 9.46. The Kier molecular flexibility index (Phi) is 9.42. The van der Waals surface area contributed by atoms with E-state index in [-0.39, 0.29) is 30.0 Å². The highest BCUT2D eigenvalue weighted by Crippen LogP contribution is 2.33. The van der Waals surface area contributed by atoms with Crippen LogP contribution < -0.4 is 14.8 Å². The molecule has 0 radical (unpaired) electrons. The van der Waals surface area contributed by atoms with Crippen molar-refractivity contribution < 1.29 is 9.47 Å². The molecule has 0 fully saturated rings. The number of aromatic nitrogens is 2. The standard InChI is InChI=1S/C22H34N6O2.HI/c1-7-23-22(24-13-19(26(2)3)18-12-25-27(4)14-18)28-9-8-16-10-20(29-5)21(30-6)11-17(16)15-28;/h10-12,14,19H,7-9,13,15H2,1-6H3,(H,23,24);1H. The summed E-state index contributed by atoms with van der Waals surface area (Å²) in [6.45, 7) is 5.30. The average molecular weight is 542 g/mol. The number of rotatable bonds is 7. The number of likely N-dealkylation sites (N-methyl/N-ethyl adjacent to an activating group) is 1. The van der Waals surface area contributed by atoms with Crippen molar-refractivity contribution in [1.29, 1.82) is 0 Å². The molecular formula is C22H35IN6O2. The predicted molar refractivity (Wildman–Crippen MR) is 135 cm³/mol. The van der Waals surface area contributed by atoms with Gasteiger partial charge < -0.3 is 24.6 Å². The van der Waals surface area contributed by atoms with Gasteiger partial charge in [0.05, 0.1) is 33.0 Å². The monoisotopic (exact) mass is 542 g/mol. The zero-order valence-electron chi connectivity index (χ0n) is 19.4. The lowest BCUT2D eigenvalue weighted by molar-refractivity contribution is 0.303. The Morgan fingerprint density at radius 1 is 1.23 bits per heavy atom. The third kappa shape index (κ3) is 6.03. The quantitative estimate of drug-likeness (QED) is 0.330. The molecule has 2 heterocycles. The second-order valence-electron chi connectivity index (χ2n) is 7.77. The smallest absolute Gasteiger partial charge is 0.194 e. The molecule has 8 nitrogen and oxygen atoms in total. The number of halogens is 1. The average Bonchev–Trinajstić information content (AvgIpc) is 3.17. The van der Waals surface area contributed by atoms with E-state index in [2.05, 4.69) is 59.6 Å². The summed E-state index contributed by atoms with van der Waals surface area (Å²) in [4.78, 5) is 9.49. The van der Waals surface area contributed by atoms with Crippen LogP contribution in [0.25, 0.3) is 0 Å². The summed E-state index contributed by atoms with van der Waals surface area (Å²) in [6.07, 6.45) is 4.92. The molecule has 0 spiro atoms. The first-order chi connectivity index (χ1) is 14.5. The molecule has 1 aliphatic rings. The summed E-state index contributed by atoms with van der Waals surface area (Å²) in [6, 6.07) is 4.36. The molecule has 0 saturated heterocycles. The van der Waals surface area contributed by atoms with E-state index >= 15 is 0 Å². The van der Waals surface area contributed by atoms with Gasteiger partial charge in [-0.25, -0.2) is 0 Å². The minimum Gasteiger partial charge on any atom is -0.493 e. The van der Waals surface area contributed by atoms with Crippen molar-refractivity contribution in [2.24, 2.45) is 12.0 Å². The molecule has 2 aromatic rings. The van der Waals surface area contributed by atoms with E-state index in [1.807, 2.05) is 17.9 Å². The van der Waals surface area contributed by atoms with Gasteiger partial charge in [0.2, 0.25) is 0 Å². The first-order valence-electron chi connectivity index (χ1n) is 10.4. The summed E-state index contributed by atoms with van der Waals surface area (Å²) >= 11 is 0. The lowest BCUT2D eigenvalue weighted by atomic mass is 9.99. The Balaban J connectivity index is 0.00000341. The van der Waals surface area contributed by atoms with E-state index in [4.69, 9.17) is 14.5 Å². The fourth-order valence-corrected chi connectivity index (χ4v) is 3.84. The lowest BCUT2D eigenvalue weighted by Gasteiger charge is -2.32. The van der Waals surface area contributed by atoms with Crippen molar-refractivity contribution in [3.05, 3.63) is 41.2 Å². The molecule has 172 valence electrons. The molecule has 0 amide bonds. The highest BCUT2D eigenvalue weighted by molar-refractivity contribution is 14.0. The van der Waals surface area contributed by atoms with E-state index in [0.717, 1.165) is 43.5 Å². The first-order valence-corrected chi connectivity index (χ1v) is 10.4. The maximum atomic E-state index is 5.50. The summed E-state index contributed by atoms with van der Waals surface area (Å²) < 4.78 is 12.8. The summed E-state index contributed by atoms with van der Waals surface area (Å²) in [5.41, 5.74) is 3.73. The van der Waals surface area contributed by atoms with Crippen LogP contribution in [0.2, 0.25) is 0 Å². The molecule has 0 saturated carbocycles. The second-order valence-corrected chi connectivity index (χ2v) is 7.77. The second kappa shape index (κ2) is 11.6. The van der Waals surface area contributed by atoms with Gasteiger partial charge in [0.15, 0.2) is 17.5 Å². The van der Waals surface area contributed by atoms with E-state index in [1.54, 1.807) is 14.2 Å². The molecule has 0 bridgehead atoms. The number of aliphatic imine (C=N–C) groups is 1. The summed E-state index contributed by atoms with van der Waals surface area (Å²) in [5, 5.41) is 7.79. The van der Waals surface area contributed by atoms with Gasteiger partial charge in [0.1, 0.15) is 0 Å². The van der Waals surface area contributed by atoms with Crippen molar-refractivity contribution in [3.8, 4) is 11.5 Å². The molecule has 1 unspecified atom stereocenters. The third-order valence-electron chi connectivity index (χ3n) is 5.50. The molecule has 9 heteroatoms. The topological polar surface area (TPSA) is 67.2 Å². The number of fused-ring (bicyclic) bond motifs is 1. The van der Waals surface area contributed by atoms with Crippen molar-refractivity contribution in [3.63, 3.8) is 0 Å². The van der Waals surface area contributed by atoms with Crippen LogP contribution in [0.1, 0.15) is 29.7 Å². The Bertz CT molecular complexity index is 883. The van der Waals surface area contributed by atoms with Crippen LogP contribution in [0.3, 0.4) is 0 Å². The maximum Gasteiger partial charge on any atom is 0.194 e. The van der Waals surface area contributed by atoms with Gasteiger partial charge in [0.25, 0.3) is 0 Å². The molecule has 31 heavy (non-hydrogen) atoms. The van der Waals surface area contributed by atoms with Gasteiger partial charge in [-0.1, -0.05) is 0 Å². The van der Waals surface area contributed by atoms with Crippen LogP contribution in [0.4, 0.5) is 0 Å². The minimum absolute atomic E-state index is 0. The Hall–Kier alpha value is -2.01. The molecule has 0 aliphatic carbocycles. The van der Waals surface area contributed by atoms with Crippen molar-refractivity contribution in [2.75, 3.05) is 47.9 Å². The van der Waals surface area contributed by atoms with E-state index in [9.17, 15) is 0 Å². The number of benzene rings is 1. The minimum atomic E-state index is 0. The molecule has 1 aliphatic heterocycles. The van der Waals surface area contributed by atoms with Gasteiger partial charge in [-0.05, 0) is 50.7 Å². The zero-order valence-corrected chi connectivity index (χ0v) is 21.7. The number of nitrogens with one attached hydrogen (secondary N) is 1. The Morgan fingerprint density at radius 2 is 1.90 bits per heavy atom. The van der Waals surface area contributed by atoms with Crippen LogP contribution in [-0.4, -0.2) is 73.5 Å². The lowest BCUT2D eigenvalue weighted by Crippen LogP contribution is -2.44. The first kappa shape index (κ1) is 25.3. The summed E-state index contributed by atoms with van der Waals surface area (Å²) in [5.74, 6) is 2.49. The highest BCUT2D eigenvalue weighted by Gasteiger charge is 2.23. The van der Waals surface area contributed by atoms with Crippen LogP contribution in [0.15, 0.2) is 29.5 Å². The largest absolute Gasteiger partial charge is 0.493 e. The van der Waals surface area contributed by atoms with E-state index < -0.39 is 0 Å². The molecule has 1 N–H and O–H groups in total. The number of methoxy groups -OCH3 is 2. The van der Waals surface area contributed by atoms with Crippen LogP contribution >= 0.6 is 24.0 Å². The molecule has 3 rings (SSSR count). The van der Waals surface area contributed by atoms with Gasteiger partial charge in [0, 0.05) is 38.4 Å². The SMILES string of the molecule is CCNC(=NCC(c1cnn(C)c1)N(C)C)N1CCc2cc(OC)c(OC)cc2C1.I. The zero-order chi connectivity index (χ0) is 21.7.